The molecule has 1 fully saturated rings. The first kappa shape index (κ1) is 27.1. The molecule has 0 bridgehead atoms. The van der Waals surface area contributed by atoms with Gasteiger partial charge < -0.3 is 9.64 Å². The van der Waals surface area contributed by atoms with Gasteiger partial charge in [0.1, 0.15) is 5.60 Å². The summed E-state index contributed by atoms with van der Waals surface area (Å²) in [6, 6.07) is 9.47. The molecule has 5 heteroatoms. The van der Waals surface area contributed by atoms with E-state index in [1.165, 1.54) is 0 Å². The zero-order valence-corrected chi connectivity index (χ0v) is 21.1. The minimum Gasteiger partial charge on any atom is -0.460 e. The molecule has 0 saturated carbocycles. The highest BCUT2D eigenvalue weighted by Gasteiger charge is 2.30. The summed E-state index contributed by atoms with van der Waals surface area (Å²) in [4.78, 5) is 40.2. The lowest BCUT2D eigenvalue weighted by Gasteiger charge is -2.27. The van der Waals surface area contributed by atoms with E-state index in [0.29, 0.717) is 18.9 Å². The van der Waals surface area contributed by atoms with Crippen LogP contribution >= 0.6 is 0 Å². The molecule has 1 aromatic rings. The Labute approximate surface area is 200 Å². The van der Waals surface area contributed by atoms with Gasteiger partial charge in [-0.2, -0.15) is 0 Å². The average molecular weight is 458 g/mol. The van der Waals surface area contributed by atoms with Gasteiger partial charge in [0, 0.05) is 31.0 Å². The summed E-state index contributed by atoms with van der Waals surface area (Å²) in [7, 11) is 0. The van der Waals surface area contributed by atoms with Gasteiger partial charge >= 0.3 is 5.97 Å². The van der Waals surface area contributed by atoms with E-state index < -0.39 is 5.60 Å². The molecule has 1 heterocycles. The van der Waals surface area contributed by atoms with E-state index in [-0.39, 0.29) is 30.0 Å². The molecule has 5 nitrogen and oxygen atoms in total. The summed E-state index contributed by atoms with van der Waals surface area (Å²) < 4.78 is 5.50. The van der Waals surface area contributed by atoms with E-state index in [1.807, 2.05) is 56.0 Å². The molecule has 0 N–H and O–H groups in total. The molecule has 1 amide bonds. The number of nitrogens with zero attached hydrogens (tertiary/aromatic N) is 1. The van der Waals surface area contributed by atoms with E-state index in [4.69, 9.17) is 4.74 Å². The second-order valence-corrected chi connectivity index (χ2v) is 10.4. The van der Waals surface area contributed by atoms with Gasteiger partial charge in [-0.1, -0.05) is 56.5 Å². The van der Waals surface area contributed by atoms with Gasteiger partial charge in [0.15, 0.2) is 5.78 Å². The van der Waals surface area contributed by atoms with Crippen LogP contribution in [0.2, 0.25) is 0 Å². The molecule has 1 aromatic carbocycles. The molecule has 0 spiro atoms. The molecule has 1 aliphatic rings. The molecule has 0 aromatic heterocycles. The van der Waals surface area contributed by atoms with Gasteiger partial charge in [0.25, 0.3) is 0 Å². The van der Waals surface area contributed by atoms with Gasteiger partial charge in [-0.25, -0.2) is 0 Å². The number of benzene rings is 1. The second kappa shape index (κ2) is 13.5. The molecule has 1 unspecified atom stereocenters. The minimum atomic E-state index is -0.541. The summed E-state index contributed by atoms with van der Waals surface area (Å²) in [6.45, 7) is 9.16. The minimum absolute atomic E-state index is 0.0953. The van der Waals surface area contributed by atoms with Crippen molar-refractivity contribution >= 4 is 17.7 Å². The zero-order chi connectivity index (χ0) is 24.3. The predicted molar refractivity (Wildman–Crippen MR) is 132 cm³/mol. The van der Waals surface area contributed by atoms with Crippen molar-refractivity contribution in [2.45, 2.75) is 97.5 Å². The van der Waals surface area contributed by atoms with Gasteiger partial charge in [0.05, 0.1) is 6.42 Å². The number of unbranched alkanes of at least 4 members (excludes halogenated alkanes) is 2. The average Bonchev–Trinajstić information content (AvgIpc) is 3.01. The van der Waals surface area contributed by atoms with Crippen molar-refractivity contribution < 1.29 is 19.1 Å². The highest BCUT2D eigenvalue weighted by Crippen LogP contribution is 2.26. The highest BCUT2D eigenvalue weighted by atomic mass is 16.6. The molecular weight excluding hydrogens is 414 g/mol. The lowest BCUT2D eigenvalue weighted by molar-refractivity contribution is -0.158. The zero-order valence-electron chi connectivity index (χ0n) is 21.1. The number of carbonyl (C=O) groups is 3. The molecule has 0 radical (unpaired) electrons. The SMILES string of the molecule is CCCCC[C@H](CC(=O)OC(C)(C)C)C(=O)N1CCCC(CCC(=O)c2ccccc2)CC1. The molecule has 0 aliphatic carbocycles. The number of ether oxygens (including phenoxy) is 1. The van der Waals surface area contributed by atoms with Crippen LogP contribution in [0, 0.1) is 11.8 Å². The fourth-order valence-corrected chi connectivity index (χ4v) is 4.57. The number of hydrogen-bond donors (Lipinski definition) is 0. The van der Waals surface area contributed by atoms with E-state index in [1.54, 1.807) is 0 Å². The molecular formula is C28H43NO4. The van der Waals surface area contributed by atoms with Gasteiger partial charge in [-0.05, 0) is 58.8 Å². The smallest absolute Gasteiger partial charge is 0.307 e. The third-order valence-corrected chi connectivity index (χ3v) is 6.37. The Morgan fingerprint density at radius 3 is 2.45 bits per heavy atom. The van der Waals surface area contributed by atoms with Crippen molar-refractivity contribution in [1.29, 1.82) is 0 Å². The van der Waals surface area contributed by atoms with Crippen molar-refractivity contribution in [2.24, 2.45) is 11.8 Å². The maximum Gasteiger partial charge on any atom is 0.307 e. The molecule has 2 atom stereocenters. The van der Waals surface area contributed by atoms with Crippen LogP contribution in [-0.2, 0) is 14.3 Å². The van der Waals surface area contributed by atoms with Gasteiger partial charge in [-0.3, -0.25) is 14.4 Å². The number of Topliss-reactive ketones (excluding diaryl/α,β-unsaturated/α-hetero) is 1. The van der Waals surface area contributed by atoms with Crippen LogP contribution < -0.4 is 0 Å². The Hall–Kier alpha value is -2.17. The lowest BCUT2D eigenvalue weighted by atomic mass is 9.93. The molecule has 2 rings (SSSR count). The first-order chi connectivity index (χ1) is 15.7. The maximum absolute atomic E-state index is 13.4. The number of rotatable bonds is 11. The van der Waals surface area contributed by atoms with Crippen LogP contribution in [0.4, 0.5) is 0 Å². The Kier molecular flexibility index (Phi) is 11.1. The van der Waals surface area contributed by atoms with E-state index in [9.17, 15) is 14.4 Å². The lowest BCUT2D eigenvalue weighted by Crippen LogP contribution is -2.38. The number of ketones is 1. The number of likely N-dealkylation sites (tertiary alicyclic amines) is 1. The van der Waals surface area contributed by atoms with Crippen LogP contribution in [0.5, 0.6) is 0 Å². The number of esters is 1. The van der Waals surface area contributed by atoms with Crippen molar-refractivity contribution in [2.75, 3.05) is 13.1 Å². The second-order valence-electron chi connectivity index (χ2n) is 10.4. The third-order valence-electron chi connectivity index (χ3n) is 6.37. The monoisotopic (exact) mass is 457 g/mol. The standard InChI is InChI=1S/C28H43NO4/c1-5-6-8-15-24(21-26(31)33-28(2,3)4)27(32)29-19-11-12-22(18-20-29)16-17-25(30)23-13-9-7-10-14-23/h7,9-10,13-14,22,24H,5-6,8,11-12,15-21H2,1-4H3/t22?,24-/m1/s1. The molecule has 33 heavy (non-hydrogen) atoms. The predicted octanol–water partition coefficient (Wildman–Crippen LogP) is 6.21. The molecule has 1 saturated heterocycles. The maximum atomic E-state index is 13.4. The normalized spacial score (nSPS) is 17.8. The first-order valence-corrected chi connectivity index (χ1v) is 12.8. The quantitative estimate of drug-likeness (QED) is 0.225. The Bertz CT molecular complexity index is 753. The summed E-state index contributed by atoms with van der Waals surface area (Å²) in [5.41, 5.74) is 0.237. The van der Waals surface area contributed by atoms with Crippen LogP contribution in [-0.4, -0.2) is 41.3 Å². The van der Waals surface area contributed by atoms with Gasteiger partial charge in [0.2, 0.25) is 5.91 Å². The van der Waals surface area contributed by atoms with Crippen molar-refractivity contribution in [3.05, 3.63) is 35.9 Å². The van der Waals surface area contributed by atoms with Crippen molar-refractivity contribution in [3.63, 3.8) is 0 Å². The van der Waals surface area contributed by atoms with Gasteiger partial charge in [-0.15, -0.1) is 0 Å². The van der Waals surface area contributed by atoms with E-state index >= 15 is 0 Å². The van der Waals surface area contributed by atoms with E-state index in [0.717, 1.165) is 63.5 Å². The van der Waals surface area contributed by atoms with Crippen LogP contribution in [0.15, 0.2) is 30.3 Å². The van der Waals surface area contributed by atoms with Crippen LogP contribution in [0.1, 0.15) is 102 Å². The molecule has 184 valence electrons. The van der Waals surface area contributed by atoms with Crippen LogP contribution in [0.3, 0.4) is 0 Å². The third kappa shape index (κ3) is 10.1. The number of hydrogen-bond acceptors (Lipinski definition) is 4. The van der Waals surface area contributed by atoms with Crippen molar-refractivity contribution in [1.82, 2.24) is 4.90 Å². The summed E-state index contributed by atoms with van der Waals surface area (Å²) >= 11 is 0. The molecule has 1 aliphatic heterocycles. The largest absolute Gasteiger partial charge is 0.460 e. The fourth-order valence-electron chi connectivity index (χ4n) is 4.57. The summed E-state index contributed by atoms with van der Waals surface area (Å²) in [5, 5.41) is 0. The van der Waals surface area contributed by atoms with Crippen LogP contribution in [0.25, 0.3) is 0 Å². The highest BCUT2D eigenvalue weighted by molar-refractivity contribution is 5.95. The summed E-state index contributed by atoms with van der Waals surface area (Å²) in [5.74, 6) is 0.158. The Morgan fingerprint density at radius 1 is 1.06 bits per heavy atom. The number of amides is 1. The topological polar surface area (TPSA) is 63.7 Å². The van der Waals surface area contributed by atoms with Crippen molar-refractivity contribution in [3.8, 4) is 0 Å². The Balaban J connectivity index is 1.90. The number of carbonyl (C=O) groups excluding carboxylic acids is 3. The Morgan fingerprint density at radius 2 is 1.79 bits per heavy atom. The van der Waals surface area contributed by atoms with E-state index in [2.05, 4.69) is 6.92 Å². The summed E-state index contributed by atoms with van der Waals surface area (Å²) in [6.07, 6.45) is 8.32. The fraction of sp³-hybridized carbons (Fsp3) is 0.679. The first-order valence-electron chi connectivity index (χ1n) is 12.8.